The number of nitrogens with zero attached hydrogens (tertiary/aromatic N) is 2. The smallest absolute Gasteiger partial charge is 0.411 e. The quantitative estimate of drug-likeness (QED) is 0.734. The number of esters is 1. The van der Waals surface area contributed by atoms with Crippen molar-refractivity contribution in [1.29, 1.82) is 0 Å². The molecular formula is C17H28N2O5. The molecule has 2 rings (SSSR count). The van der Waals surface area contributed by atoms with Gasteiger partial charge < -0.3 is 14.4 Å². The van der Waals surface area contributed by atoms with E-state index in [9.17, 15) is 14.4 Å². The molecule has 0 aromatic heterocycles. The lowest BCUT2D eigenvalue weighted by Crippen LogP contribution is -2.62. The summed E-state index contributed by atoms with van der Waals surface area (Å²) < 4.78 is 10.4. The van der Waals surface area contributed by atoms with Gasteiger partial charge in [-0.2, -0.15) is 0 Å². The van der Waals surface area contributed by atoms with E-state index in [-0.39, 0.29) is 19.1 Å². The Kier molecular flexibility index (Phi) is 5.40. The van der Waals surface area contributed by atoms with Gasteiger partial charge >= 0.3 is 12.1 Å². The molecule has 136 valence electrons. The molecule has 1 unspecified atom stereocenters. The third kappa shape index (κ3) is 3.82. The predicted molar refractivity (Wildman–Crippen MR) is 87.4 cm³/mol. The van der Waals surface area contributed by atoms with Crippen molar-refractivity contribution >= 4 is 18.0 Å². The molecule has 24 heavy (non-hydrogen) atoms. The molecule has 0 bridgehead atoms. The van der Waals surface area contributed by atoms with Crippen LogP contribution in [0.2, 0.25) is 0 Å². The van der Waals surface area contributed by atoms with Crippen molar-refractivity contribution in [3.63, 3.8) is 0 Å². The number of carbonyl (C=O) groups is 3. The number of piperidine rings is 1. The van der Waals surface area contributed by atoms with Gasteiger partial charge in [-0.3, -0.25) is 14.5 Å². The summed E-state index contributed by atoms with van der Waals surface area (Å²) >= 11 is 0. The van der Waals surface area contributed by atoms with Crippen molar-refractivity contribution in [1.82, 2.24) is 9.80 Å². The molecule has 0 aromatic carbocycles. The maximum Gasteiger partial charge on any atom is 0.411 e. The zero-order valence-electron chi connectivity index (χ0n) is 15.1. The van der Waals surface area contributed by atoms with Crippen molar-refractivity contribution in [2.75, 3.05) is 26.2 Å². The lowest BCUT2D eigenvalue weighted by atomic mass is 9.85. The highest BCUT2D eigenvalue weighted by atomic mass is 16.6. The second-order valence-electron chi connectivity index (χ2n) is 7.40. The fourth-order valence-corrected chi connectivity index (χ4v) is 3.52. The average molecular weight is 340 g/mol. The van der Waals surface area contributed by atoms with Crippen LogP contribution in [0.5, 0.6) is 0 Å². The van der Waals surface area contributed by atoms with Gasteiger partial charge in [0, 0.05) is 13.1 Å². The normalized spacial score (nSPS) is 24.4. The summed E-state index contributed by atoms with van der Waals surface area (Å²) in [5.41, 5.74) is -1.48. The third-order valence-electron chi connectivity index (χ3n) is 4.43. The van der Waals surface area contributed by atoms with Crippen LogP contribution in [0.4, 0.5) is 4.79 Å². The van der Waals surface area contributed by atoms with E-state index < -0.39 is 23.2 Å². The van der Waals surface area contributed by atoms with E-state index in [1.54, 1.807) is 11.8 Å². The summed E-state index contributed by atoms with van der Waals surface area (Å²) in [6.07, 6.45) is 2.30. The van der Waals surface area contributed by atoms with Crippen molar-refractivity contribution in [3.8, 4) is 0 Å². The number of ether oxygens (including phenoxy) is 2. The van der Waals surface area contributed by atoms with Gasteiger partial charge in [-0.1, -0.05) is 0 Å². The molecule has 2 saturated heterocycles. The van der Waals surface area contributed by atoms with Crippen LogP contribution in [-0.4, -0.2) is 65.2 Å². The lowest BCUT2D eigenvalue weighted by Gasteiger charge is -2.44. The molecule has 2 heterocycles. The first-order chi connectivity index (χ1) is 11.2. The molecule has 7 heteroatoms. The second kappa shape index (κ2) is 6.99. The molecule has 2 aliphatic heterocycles. The molecular weight excluding hydrogens is 312 g/mol. The van der Waals surface area contributed by atoms with Crippen molar-refractivity contribution in [3.05, 3.63) is 0 Å². The third-order valence-corrected chi connectivity index (χ3v) is 4.43. The summed E-state index contributed by atoms with van der Waals surface area (Å²) in [5.74, 6) is -0.574. The predicted octanol–water partition coefficient (Wildman–Crippen LogP) is 1.94. The highest BCUT2D eigenvalue weighted by molar-refractivity contribution is 5.93. The minimum atomic E-state index is -0.868. The maximum atomic E-state index is 13.0. The Balaban J connectivity index is 2.15. The molecule has 0 saturated carbocycles. The molecule has 0 aliphatic carbocycles. The standard InChI is InChI=1S/C17H28N2O5/c1-5-23-13(20)12-18-10-6-8-17(14(18)21)9-7-11-19(17)15(22)24-16(2,3)4/h5-12H2,1-4H3. The minimum absolute atomic E-state index is 0.0589. The van der Waals surface area contributed by atoms with Crippen LogP contribution >= 0.6 is 0 Å². The van der Waals surface area contributed by atoms with E-state index in [1.807, 2.05) is 20.8 Å². The van der Waals surface area contributed by atoms with Crippen LogP contribution in [0, 0.1) is 0 Å². The van der Waals surface area contributed by atoms with Crippen LogP contribution in [-0.2, 0) is 19.1 Å². The van der Waals surface area contributed by atoms with E-state index in [0.29, 0.717) is 25.9 Å². The Bertz CT molecular complexity index is 514. The number of rotatable bonds is 3. The van der Waals surface area contributed by atoms with Gasteiger partial charge in [0.25, 0.3) is 0 Å². The largest absolute Gasteiger partial charge is 0.465 e. The molecule has 0 N–H and O–H groups in total. The SMILES string of the molecule is CCOC(=O)CN1CCCC2(CCCN2C(=O)OC(C)(C)C)C1=O. The fourth-order valence-electron chi connectivity index (χ4n) is 3.52. The summed E-state index contributed by atoms with van der Waals surface area (Å²) in [6.45, 7) is 8.41. The molecule has 0 radical (unpaired) electrons. The highest BCUT2D eigenvalue weighted by Crippen LogP contribution is 2.39. The van der Waals surface area contributed by atoms with Crippen molar-refractivity contribution < 1.29 is 23.9 Å². The topological polar surface area (TPSA) is 76.2 Å². The first-order valence-corrected chi connectivity index (χ1v) is 8.65. The summed E-state index contributed by atoms with van der Waals surface area (Å²) in [5, 5.41) is 0. The van der Waals surface area contributed by atoms with Gasteiger partial charge in [0.1, 0.15) is 17.7 Å². The first-order valence-electron chi connectivity index (χ1n) is 8.65. The highest BCUT2D eigenvalue weighted by Gasteiger charge is 2.54. The monoisotopic (exact) mass is 340 g/mol. The Morgan fingerprint density at radius 2 is 1.79 bits per heavy atom. The molecule has 0 aromatic rings. The lowest BCUT2D eigenvalue weighted by molar-refractivity contribution is -0.155. The molecule has 1 spiro atoms. The zero-order valence-corrected chi connectivity index (χ0v) is 15.1. The summed E-state index contributed by atoms with van der Waals surface area (Å²) in [7, 11) is 0. The number of carbonyl (C=O) groups excluding carboxylic acids is 3. The molecule has 7 nitrogen and oxygen atoms in total. The molecule has 2 aliphatic rings. The number of likely N-dealkylation sites (tertiary alicyclic amines) is 2. The van der Waals surface area contributed by atoms with Crippen molar-refractivity contribution in [2.24, 2.45) is 0 Å². The van der Waals surface area contributed by atoms with E-state index in [0.717, 1.165) is 12.8 Å². The van der Waals surface area contributed by atoms with Gasteiger partial charge in [0.2, 0.25) is 5.91 Å². The van der Waals surface area contributed by atoms with E-state index in [1.165, 1.54) is 4.90 Å². The zero-order chi connectivity index (χ0) is 18.0. The minimum Gasteiger partial charge on any atom is -0.465 e. The van der Waals surface area contributed by atoms with Gasteiger partial charge in [-0.25, -0.2) is 4.79 Å². The molecule has 1 atom stereocenters. The first kappa shape index (κ1) is 18.5. The van der Waals surface area contributed by atoms with Gasteiger partial charge in [-0.15, -0.1) is 0 Å². The van der Waals surface area contributed by atoms with Crippen LogP contribution in [0.25, 0.3) is 0 Å². The number of hydrogen-bond donors (Lipinski definition) is 0. The van der Waals surface area contributed by atoms with Gasteiger partial charge in [0.05, 0.1) is 6.61 Å². The Hall–Kier alpha value is -1.79. The van der Waals surface area contributed by atoms with Crippen LogP contribution in [0.3, 0.4) is 0 Å². The van der Waals surface area contributed by atoms with Crippen LogP contribution in [0.1, 0.15) is 53.4 Å². The fraction of sp³-hybridized carbons (Fsp3) is 0.824. The van der Waals surface area contributed by atoms with Gasteiger partial charge in [-0.05, 0) is 53.4 Å². The number of amides is 2. The van der Waals surface area contributed by atoms with E-state index in [2.05, 4.69) is 0 Å². The molecule has 2 amide bonds. The second-order valence-corrected chi connectivity index (χ2v) is 7.40. The van der Waals surface area contributed by atoms with Crippen LogP contribution < -0.4 is 0 Å². The van der Waals surface area contributed by atoms with Gasteiger partial charge in [0.15, 0.2) is 0 Å². The Morgan fingerprint density at radius 3 is 2.38 bits per heavy atom. The maximum absolute atomic E-state index is 13.0. The Labute approximate surface area is 143 Å². The summed E-state index contributed by atoms with van der Waals surface area (Å²) in [4.78, 5) is 40.4. The average Bonchev–Trinajstić information content (AvgIpc) is 2.87. The van der Waals surface area contributed by atoms with Crippen LogP contribution in [0.15, 0.2) is 0 Å². The van der Waals surface area contributed by atoms with E-state index in [4.69, 9.17) is 9.47 Å². The number of hydrogen-bond acceptors (Lipinski definition) is 5. The van der Waals surface area contributed by atoms with Crippen molar-refractivity contribution in [2.45, 2.75) is 64.5 Å². The van der Waals surface area contributed by atoms with E-state index >= 15 is 0 Å². The molecule has 2 fully saturated rings. The summed E-state index contributed by atoms with van der Waals surface area (Å²) in [6, 6.07) is 0. The Morgan fingerprint density at radius 1 is 1.17 bits per heavy atom.